The molecular formula is C18H12F4N4O. The Morgan fingerprint density at radius 2 is 1.41 bits per heavy atom. The third-order valence-corrected chi connectivity index (χ3v) is 3.44. The van der Waals surface area contributed by atoms with Crippen molar-refractivity contribution in [3.63, 3.8) is 0 Å². The number of carbonyl (C=O) groups is 1. The largest absolute Gasteiger partial charge is 0.324 e. The lowest BCUT2D eigenvalue weighted by molar-refractivity contribution is 0.102. The van der Waals surface area contributed by atoms with Crippen LogP contribution in [0.5, 0.6) is 0 Å². The van der Waals surface area contributed by atoms with E-state index in [4.69, 9.17) is 0 Å². The standard InChI is InChI=1S/C18H12F4N4O/c1-9-6-16(17(27)24-10-2-4-12(19)14(21)7-10)26-18(23-9)25-11-3-5-13(20)15(22)8-11/h2-8H,1H3,(H,24,27)(H,23,25,26). The number of nitrogens with zero attached hydrogens (tertiary/aromatic N) is 2. The van der Waals surface area contributed by atoms with Crippen LogP contribution in [-0.4, -0.2) is 15.9 Å². The smallest absolute Gasteiger partial charge is 0.274 e. The number of carbonyl (C=O) groups excluding carboxylic acids is 1. The summed E-state index contributed by atoms with van der Waals surface area (Å²) in [7, 11) is 0. The van der Waals surface area contributed by atoms with Crippen LogP contribution in [0.15, 0.2) is 42.5 Å². The van der Waals surface area contributed by atoms with Gasteiger partial charge in [-0.1, -0.05) is 0 Å². The van der Waals surface area contributed by atoms with Gasteiger partial charge in [0, 0.05) is 29.2 Å². The highest BCUT2D eigenvalue weighted by atomic mass is 19.2. The highest BCUT2D eigenvalue weighted by molar-refractivity contribution is 6.03. The lowest BCUT2D eigenvalue weighted by atomic mass is 10.2. The van der Waals surface area contributed by atoms with Crippen molar-refractivity contribution in [3.05, 3.63) is 77.1 Å². The van der Waals surface area contributed by atoms with Gasteiger partial charge in [-0.2, -0.15) is 0 Å². The minimum atomic E-state index is -1.10. The predicted molar refractivity (Wildman–Crippen MR) is 90.7 cm³/mol. The van der Waals surface area contributed by atoms with Gasteiger partial charge in [-0.25, -0.2) is 27.5 Å². The van der Waals surface area contributed by atoms with E-state index in [-0.39, 0.29) is 23.0 Å². The molecule has 2 N–H and O–H groups in total. The molecule has 1 aromatic heterocycles. The maximum Gasteiger partial charge on any atom is 0.274 e. The summed E-state index contributed by atoms with van der Waals surface area (Å²) in [4.78, 5) is 20.4. The molecule has 0 saturated carbocycles. The first-order chi connectivity index (χ1) is 12.8. The van der Waals surface area contributed by atoms with E-state index < -0.39 is 29.2 Å². The molecule has 0 unspecified atom stereocenters. The van der Waals surface area contributed by atoms with E-state index in [1.54, 1.807) is 6.92 Å². The predicted octanol–water partition coefficient (Wildman–Crippen LogP) is 4.34. The Bertz CT molecular complexity index is 1030. The third-order valence-electron chi connectivity index (χ3n) is 3.44. The van der Waals surface area contributed by atoms with Crippen LogP contribution in [-0.2, 0) is 0 Å². The summed E-state index contributed by atoms with van der Waals surface area (Å²) in [5, 5.41) is 5.06. The van der Waals surface area contributed by atoms with Crippen LogP contribution in [0.25, 0.3) is 0 Å². The Labute approximate surface area is 151 Å². The first-order valence-corrected chi connectivity index (χ1v) is 7.66. The maximum absolute atomic E-state index is 13.3. The van der Waals surface area contributed by atoms with Gasteiger partial charge in [-0.15, -0.1) is 0 Å². The Morgan fingerprint density at radius 3 is 2.04 bits per heavy atom. The zero-order valence-corrected chi connectivity index (χ0v) is 13.9. The van der Waals surface area contributed by atoms with E-state index in [2.05, 4.69) is 20.6 Å². The van der Waals surface area contributed by atoms with Crippen LogP contribution in [0.1, 0.15) is 16.2 Å². The molecule has 0 bridgehead atoms. The van der Waals surface area contributed by atoms with Crippen molar-refractivity contribution in [2.45, 2.75) is 6.92 Å². The average molecular weight is 376 g/mol. The summed E-state index contributed by atoms with van der Waals surface area (Å²) in [6, 6.07) is 7.43. The molecule has 0 atom stereocenters. The first kappa shape index (κ1) is 18.3. The summed E-state index contributed by atoms with van der Waals surface area (Å²) in [6.45, 7) is 1.60. The molecule has 3 rings (SSSR count). The van der Waals surface area contributed by atoms with Crippen molar-refractivity contribution in [3.8, 4) is 0 Å². The van der Waals surface area contributed by atoms with Crippen LogP contribution in [0.4, 0.5) is 34.9 Å². The molecule has 3 aromatic rings. The second-order valence-corrected chi connectivity index (χ2v) is 5.56. The molecule has 0 fully saturated rings. The van der Waals surface area contributed by atoms with Crippen LogP contribution < -0.4 is 10.6 Å². The molecule has 5 nitrogen and oxygen atoms in total. The summed E-state index contributed by atoms with van der Waals surface area (Å²) in [5.74, 6) is -4.89. The summed E-state index contributed by atoms with van der Waals surface area (Å²) >= 11 is 0. The van der Waals surface area contributed by atoms with Gasteiger partial charge in [0.2, 0.25) is 5.95 Å². The summed E-state index contributed by atoms with van der Waals surface area (Å²) in [6.07, 6.45) is 0. The van der Waals surface area contributed by atoms with Gasteiger partial charge in [0.05, 0.1) is 0 Å². The van der Waals surface area contributed by atoms with Gasteiger partial charge in [0.1, 0.15) is 5.69 Å². The Balaban J connectivity index is 1.82. The molecule has 138 valence electrons. The molecule has 9 heteroatoms. The van der Waals surface area contributed by atoms with Crippen molar-refractivity contribution in [2.24, 2.45) is 0 Å². The Kier molecular flexibility index (Phi) is 5.02. The van der Waals surface area contributed by atoms with Crippen LogP contribution in [0.2, 0.25) is 0 Å². The lowest BCUT2D eigenvalue weighted by Gasteiger charge is -2.09. The fourth-order valence-corrected chi connectivity index (χ4v) is 2.21. The highest BCUT2D eigenvalue weighted by Crippen LogP contribution is 2.18. The van der Waals surface area contributed by atoms with E-state index in [0.29, 0.717) is 5.69 Å². The van der Waals surface area contributed by atoms with E-state index >= 15 is 0 Å². The monoisotopic (exact) mass is 376 g/mol. The number of hydrogen-bond acceptors (Lipinski definition) is 4. The van der Waals surface area contributed by atoms with E-state index in [9.17, 15) is 22.4 Å². The van der Waals surface area contributed by atoms with Crippen LogP contribution in [0.3, 0.4) is 0 Å². The average Bonchev–Trinajstić information content (AvgIpc) is 2.61. The van der Waals surface area contributed by atoms with Crippen molar-refractivity contribution in [1.29, 1.82) is 0 Å². The molecule has 0 spiro atoms. The normalized spacial score (nSPS) is 10.6. The minimum Gasteiger partial charge on any atom is -0.324 e. The Morgan fingerprint density at radius 1 is 0.815 bits per heavy atom. The van der Waals surface area contributed by atoms with Gasteiger partial charge < -0.3 is 10.6 Å². The van der Waals surface area contributed by atoms with Crippen LogP contribution >= 0.6 is 0 Å². The first-order valence-electron chi connectivity index (χ1n) is 7.66. The molecule has 27 heavy (non-hydrogen) atoms. The Hall–Kier alpha value is -3.49. The van der Waals surface area contributed by atoms with Crippen LogP contribution in [0, 0.1) is 30.2 Å². The number of hydrogen-bond donors (Lipinski definition) is 2. The number of aryl methyl sites for hydroxylation is 1. The molecule has 1 amide bonds. The fourth-order valence-electron chi connectivity index (χ4n) is 2.21. The van der Waals surface area contributed by atoms with E-state index in [1.807, 2.05) is 0 Å². The van der Waals surface area contributed by atoms with Gasteiger partial charge in [0.15, 0.2) is 23.3 Å². The minimum absolute atomic E-state index is 0.0172. The number of anilines is 3. The maximum atomic E-state index is 13.3. The molecule has 0 saturated heterocycles. The van der Waals surface area contributed by atoms with Gasteiger partial charge in [-0.05, 0) is 37.3 Å². The van der Waals surface area contributed by atoms with E-state index in [0.717, 1.165) is 24.3 Å². The zero-order chi connectivity index (χ0) is 19.6. The molecule has 2 aromatic carbocycles. The van der Waals surface area contributed by atoms with E-state index in [1.165, 1.54) is 18.2 Å². The lowest BCUT2D eigenvalue weighted by Crippen LogP contribution is -2.15. The molecule has 1 heterocycles. The SMILES string of the molecule is Cc1cc(C(=O)Nc2ccc(F)c(F)c2)nc(Nc2ccc(F)c(F)c2)n1. The van der Waals surface area contributed by atoms with Gasteiger partial charge in [0.25, 0.3) is 5.91 Å². The van der Waals surface area contributed by atoms with Crippen molar-refractivity contribution >= 4 is 23.2 Å². The number of nitrogens with one attached hydrogen (secondary N) is 2. The number of amides is 1. The summed E-state index contributed by atoms with van der Waals surface area (Å²) in [5.41, 5.74) is 0.597. The molecule has 0 radical (unpaired) electrons. The zero-order valence-electron chi connectivity index (χ0n) is 13.9. The molecular weight excluding hydrogens is 364 g/mol. The van der Waals surface area contributed by atoms with Gasteiger partial charge >= 0.3 is 0 Å². The fraction of sp³-hybridized carbons (Fsp3) is 0.0556. The second-order valence-electron chi connectivity index (χ2n) is 5.56. The topological polar surface area (TPSA) is 66.9 Å². The van der Waals surface area contributed by atoms with Crippen molar-refractivity contribution < 1.29 is 22.4 Å². The molecule has 0 aliphatic rings. The highest BCUT2D eigenvalue weighted by Gasteiger charge is 2.13. The van der Waals surface area contributed by atoms with Crippen molar-refractivity contribution in [1.82, 2.24) is 9.97 Å². The molecule has 0 aliphatic carbocycles. The molecule has 0 aliphatic heterocycles. The third kappa shape index (κ3) is 4.38. The summed E-state index contributed by atoms with van der Waals surface area (Å²) < 4.78 is 52.5. The van der Waals surface area contributed by atoms with Gasteiger partial charge in [-0.3, -0.25) is 4.79 Å². The number of benzene rings is 2. The second kappa shape index (κ2) is 7.40. The van der Waals surface area contributed by atoms with Crippen molar-refractivity contribution in [2.75, 3.05) is 10.6 Å². The number of aromatic nitrogens is 2. The quantitative estimate of drug-likeness (QED) is 0.665. The number of rotatable bonds is 4. The number of halogens is 4.